The Kier molecular flexibility index (Phi) is 5.05. The molecule has 0 aliphatic rings. The molecule has 0 heterocycles. The SMILES string of the molecule is C#CCN(CC)C(=O)c1cc(OC)ccc1Br. The molecule has 0 aliphatic heterocycles. The maximum atomic E-state index is 12.2. The third kappa shape index (κ3) is 3.24. The van der Waals surface area contributed by atoms with E-state index in [0.717, 1.165) is 4.47 Å². The lowest BCUT2D eigenvalue weighted by atomic mass is 10.2. The molecule has 0 N–H and O–H groups in total. The Labute approximate surface area is 110 Å². The van der Waals surface area contributed by atoms with E-state index in [4.69, 9.17) is 11.2 Å². The van der Waals surface area contributed by atoms with Gasteiger partial charge in [-0.15, -0.1) is 6.42 Å². The van der Waals surface area contributed by atoms with E-state index in [9.17, 15) is 4.79 Å². The van der Waals surface area contributed by atoms with E-state index in [0.29, 0.717) is 24.4 Å². The van der Waals surface area contributed by atoms with E-state index in [1.807, 2.05) is 6.92 Å². The van der Waals surface area contributed by atoms with E-state index < -0.39 is 0 Å². The Morgan fingerprint density at radius 3 is 2.82 bits per heavy atom. The number of benzene rings is 1. The minimum atomic E-state index is -0.101. The summed E-state index contributed by atoms with van der Waals surface area (Å²) < 4.78 is 5.84. The van der Waals surface area contributed by atoms with Crippen LogP contribution in [0, 0.1) is 12.3 Å². The second-order valence-electron chi connectivity index (χ2n) is 3.37. The van der Waals surface area contributed by atoms with Crippen molar-refractivity contribution in [3.63, 3.8) is 0 Å². The van der Waals surface area contributed by atoms with Gasteiger partial charge in [-0.3, -0.25) is 4.79 Å². The number of carbonyl (C=O) groups is 1. The molecule has 0 atom stereocenters. The van der Waals surface area contributed by atoms with Crippen molar-refractivity contribution < 1.29 is 9.53 Å². The zero-order valence-electron chi connectivity index (χ0n) is 9.87. The lowest BCUT2D eigenvalue weighted by molar-refractivity contribution is 0.0783. The highest BCUT2D eigenvalue weighted by Crippen LogP contribution is 2.23. The van der Waals surface area contributed by atoms with Crippen molar-refractivity contribution in [1.82, 2.24) is 4.90 Å². The number of methoxy groups -OCH3 is 1. The second-order valence-corrected chi connectivity index (χ2v) is 4.22. The average Bonchev–Trinajstić information content (AvgIpc) is 2.35. The van der Waals surface area contributed by atoms with Crippen molar-refractivity contribution >= 4 is 21.8 Å². The van der Waals surface area contributed by atoms with E-state index in [1.54, 1.807) is 30.2 Å². The highest BCUT2D eigenvalue weighted by atomic mass is 79.9. The van der Waals surface area contributed by atoms with Crippen LogP contribution in [0.15, 0.2) is 22.7 Å². The first kappa shape index (κ1) is 13.6. The average molecular weight is 296 g/mol. The molecule has 0 aliphatic carbocycles. The fourth-order valence-corrected chi connectivity index (χ4v) is 1.82. The van der Waals surface area contributed by atoms with Crippen molar-refractivity contribution in [3.8, 4) is 18.1 Å². The predicted octanol–water partition coefficient (Wildman–Crippen LogP) is 2.55. The zero-order chi connectivity index (χ0) is 12.8. The number of carbonyl (C=O) groups excluding carboxylic acids is 1. The minimum Gasteiger partial charge on any atom is -0.497 e. The topological polar surface area (TPSA) is 29.5 Å². The summed E-state index contributed by atoms with van der Waals surface area (Å²) in [6.07, 6.45) is 5.23. The molecular weight excluding hydrogens is 282 g/mol. The van der Waals surface area contributed by atoms with Crippen LogP contribution in [0.1, 0.15) is 17.3 Å². The maximum absolute atomic E-state index is 12.2. The summed E-state index contributed by atoms with van der Waals surface area (Å²) in [6.45, 7) is 2.77. The van der Waals surface area contributed by atoms with Crippen LogP contribution in [0.3, 0.4) is 0 Å². The fraction of sp³-hybridized carbons (Fsp3) is 0.308. The van der Waals surface area contributed by atoms with Crippen LogP contribution in [0.25, 0.3) is 0 Å². The number of rotatable bonds is 4. The van der Waals surface area contributed by atoms with Gasteiger partial charge in [0.05, 0.1) is 19.2 Å². The lowest BCUT2D eigenvalue weighted by Gasteiger charge is -2.19. The zero-order valence-corrected chi connectivity index (χ0v) is 11.5. The fourth-order valence-electron chi connectivity index (χ4n) is 1.40. The summed E-state index contributed by atoms with van der Waals surface area (Å²) in [5.74, 6) is 3.02. The van der Waals surface area contributed by atoms with E-state index in [2.05, 4.69) is 21.9 Å². The number of nitrogens with zero attached hydrogens (tertiary/aromatic N) is 1. The van der Waals surface area contributed by atoms with Gasteiger partial charge in [0, 0.05) is 11.0 Å². The number of hydrogen-bond acceptors (Lipinski definition) is 2. The maximum Gasteiger partial charge on any atom is 0.255 e. The Balaban J connectivity index is 3.06. The minimum absolute atomic E-state index is 0.101. The van der Waals surface area contributed by atoms with Gasteiger partial charge in [0.1, 0.15) is 5.75 Å². The van der Waals surface area contributed by atoms with Crippen molar-refractivity contribution in [1.29, 1.82) is 0 Å². The summed E-state index contributed by atoms with van der Waals surface area (Å²) in [5, 5.41) is 0. The molecule has 0 saturated carbocycles. The van der Waals surface area contributed by atoms with Gasteiger partial charge in [0.15, 0.2) is 0 Å². The van der Waals surface area contributed by atoms with Gasteiger partial charge < -0.3 is 9.64 Å². The Bertz CT molecular complexity index is 451. The van der Waals surface area contributed by atoms with Crippen LogP contribution in [-0.4, -0.2) is 31.0 Å². The Morgan fingerprint density at radius 1 is 1.59 bits per heavy atom. The second kappa shape index (κ2) is 6.31. The molecule has 1 aromatic rings. The molecule has 0 radical (unpaired) electrons. The highest BCUT2D eigenvalue weighted by Gasteiger charge is 2.16. The van der Waals surface area contributed by atoms with Crippen LogP contribution in [0.2, 0.25) is 0 Å². The van der Waals surface area contributed by atoms with Crippen LogP contribution >= 0.6 is 15.9 Å². The van der Waals surface area contributed by atoms with Crippen molar-refractivity contribution in [2.24, 2.45) is 0 Å². The van der Waals surface area contributed by atoms with Gasteiger partial charge in [-0.25, -0.2) is 0 Å². The molecule has 3 nitrogen and oxygen atoms in total. The van der Waals surface area contributed by atoms with Gasteiger partial charge in [-0.2, -0.15) is 0 Å². The summed E-state index contributed by atoms with van der Waals surface area (Å²) >= 11 is 3.35. The monoisotopic (exact) mass is 295 g/mol. The summed E-state index contributed by atoms with van der Waals surface area (Å²) in [5.41, 5.74) is 0.557. The third-order valence-corrected chi connectivity index (χ3v) is 3.05. The molecule has 17 heavy (non-hydrogen) atoms. The molecule has 1 amide bonds. The van der Waals surface area contributed by atoms with E-state index in [1.165, 1.54) is 0 Å². The third-order valence-electron chi connectivity index (χ3n) is 2.36. The first-order valence-electron chi connectivity index (χ1n) is 5.20. The van der Waals surface area contributed by atoms with Crippen LogP contribution in [-0.2, 0) is 0 Å². The molecule has 90 valence electrons. The van der Waals surface area contributed by atoms with Crippen molar-refractivity contribution in [2.75, 3.05) is 20.2 Å². The molecule has 0 fully saturated rings. The molecule has 0 spiro atoms. The van der Waals surface area contributed by atoms with E-state index >= 15 is 0 Å². The number of hydrogen-bond donors (Lipinski definition) is 0. The standard InChI is InChI=1S/C13H14BrNO2/c1-4-8-15(5-2)13(16)11-9-10(17-3)6-7-12(11)14/h1,6-7,9H,5,8H2,2-3H3. The lowest BCUT2D eigenvalue weighted by Crippen LogP contribution is -2.31. The highest BCUT2D eigenvalue weighted by molar-refractivity contribution is 9.10. The largest absolute Gasteiger partial charge is 0.497 e. The van der Waals surface area contributed by atoms with Crippen LogP contribution in [0.5, 0.6) is 5.75 Å². The van der Waals surface area contributed by atoms with Crippen LogP contribution in [0.4, 0.5) is 0 Å². The summed E-state index contributed by atoms with van der Waals surface area (Å²) in [6, 6.07) is 5.28. The van der Waals surface area contributed by atoms with Crippen LogP contribution < -0.4 is 4.74 Å². The quantitative estimate of drug-likeness (QED) is 0.799. The predicted molar refractivity (Wildman–Crippen MR) is 71.1 cm³/mol. The first-order valence-corrected chi connectivity index (χ1v) is 5.99. The number of halogens is 1. The molecule has 0 unspecified atom stereocenters. The number of terminal acetylenes is 1. The summed E-state index contributed by atoms with van der Waals surface area (Å²) in [4.78, 5) is 13.8. The molecule has 0 bridgehead atoms. The van der Waals surface area contributed by atoms with Gasteiger partial charge in [0.2, 0.25) is 0 Å². The Hall–Kier alpha value is -1.47. The summed E-state index contributed by atoms with van der Waals surface area (Å²) in [7, 11) is 1.57. The number of amides is 1. The van der Waals surface area contributed by atoms with Crippen molar-refractivity contribution in [2.45, 2.75) is 6.92 Å². The normalized spacial score (nSPS) is 9.53. The first-order chi connectivity index (χ1) is 8.13. The van der Waals surface area contributed by atoms with E-state index in [-0.39, 0.29) is 5.91 Å². The Morgan fingerprint density at radius 2 is 2.29 bits per heavy atom. The molecule has 4 heteroatoms. The smallest absolute Gasteiger partial charge is 0.255 e. The van der Waals surface area contributed by atoms with Crippen molar-refractivity contribution in [3.05, 3.63) is 28.2 Å². The van der Waals surface area contributed by atoms with Gasteiger partial charge in [-0.05, 0) is 41.1 Å². The van der Waals surface area contributed by atoms with Gasteiger partial charge >= 0.3 is 0 Å². The molecule has 1 aromatic carbocycles. The molecule has 0 aromatic heterocycles. The molecular formula is C13H14BrNO2. The van der Waals surface area contributed by atoms with Gasteiger partial charge in [0.25, 0.3) is 5.91 Å². The molecule has 1 rings (SSSR count). The molecule has 0 saturated heterocycles. The number of ether oxygens (including phenoxy) is 1. The van der Waals surface area contributed by atoms with Gasteiger partial charge in [-0.1, -0.05) is 5.92 Å².